The molecule has 1 atom stereocenters. The van der Waals surface area contributed by atoms with Gasteiger partial charge in [-0.3, -0.25) is 9.89 Å². The maximum atomic E-state index is 5.43. The largest absolute Gasteiger partial charge is 0.378 e. The lowest BCUT2D eigenvalue weighted by Gasteiger charge is -2.41. The molecule has 0 amide bonds. The van der Waals surface area contributed by atoms with Crippen molar-refractivity contribution in [3.8, 4) is 0 Å². The van der Waals surface area contributed by atoms with Crippen molar-refractivity contribution in [1.29, 1.82) is 0 Å². The zero-order valence-electron chi connectivity index (χ0n) is 22.3. The van der Waals surface area contributed by atoms with Crippen molar-refractivity contribution in [3.05, 3.63) is 52.2 Å². The van der Waals surface area contributed by atoms with Gasteiger partial charge in [0.05, 0.1) is 25.3 Å². The standard InChI is InChI=1S/C31H40N4O/c1-19(2)30-27-14-23(22-10-12-35(13-11-22)25-16-36-17-25)8-9-28(27)34-31(30)26-7-5-6-24-15-29(33-18-32-24)21(4)20(26)3/h7-9,14,18-19,22,24-25,34H,5-6,10-13,15-17H2,1-4H3/b21-20-,26-7+. The van der Waals surface area contributed by atoms with E-state index >= 15 is 0 Å². The molecule has 5 heteroatoms. The lowest BCUT2D eigenvalue weighted by molar-refractivity contribution is -0.0712. The third kappa shape index (κ3) is 4.31. The normalized spacial score (nSPS) is 27.9. The average molecular weight is 485 g/mol. The smallest absolute Gasteiger partial charge is 0.110 e. The van der Waals surface area contributed by atoms with Crippen LogP contribution in [0, 0.1) is 0 Å². The molecule has 1 N–H and O–H groups in total. The zero-order chi connectivity index (χ0) is 24.8. The number of piperidine rings is 1. The van der Waals surface area contributed by atoms with Gasteiger partial charge in [-0.1, -0.05) is 26.0 Å². The summed E-state index contributed by atoms with van der Waals surface area (Å²) in [5.41, 5.74) is 10.7. The van der Waals surface area contributed by atoms with E-state index in [1.807, 2.05) is 0 Å². The number of aliphatic imine (C=N–C) groups is 2. The summed E-state index contributed by atoms with van der Waals surface area (Å²) in [7, 11) is 0. The fraction of sp³-hybridized carbons (Fsp3) is 0.548. The van der Waals surface area contributed by atoms with Gasteiger partial charge in [0.25, 0.3) is 0 Å². The van der Waals surface area contributed by atoms with Gasteiger partial charge >= 0.3 is 0 Å². The molecule has 3 aliphatic heterocycles. The first-order valence-electron chi connectivity index (χ1n) is 13.9. The summed E-state index contributed by atoms with van der Waals surface area (Å²) in [6, 6.07) is 8.23. The number of aromatic nitrogens is 1. The number of likely N-dealkylation sites (tertiary alicyclic amines) is 1. The highest BCUT2D eigenvalue weighted by atomic mass is 16.5. The molecular weight excluding hydrogens is 444 g/mol. The minimum Gasteiger partial charge on any atom is -0.378 e. The van der Waals surface area contributed by atoms with E-state index in [-0.39, 0.29) is 0 Å². The number of nitrogens with zero attached hydrogens (tertiary/aromatic N) is 3. The van der Waals surface area contributed by atoms with Crippen molar-refractivity contribution < 1.29 is 4.74 Å². The van der Waals surface area contributed by atoms with E-state index in [0.29, 0.717) is 23.9 Å². The molecule has 5 nitrogen and oxygen atoms in total. The van der Waals surface area contributed by atoms with Crippen molar-refractivity contribution >= 4 is 28.5 Å². The van der Waals surface area contributed by atoms with Crippen LogP contribution in [-0.2, 0) is 4.74 Å². The van der Waals surface area contributed by atoms with Crippen LogP contribution < -0.4 is 0 Å². The number of benzene rings is 1. The predicted molar refractivity (Wildman–Crippen MR) is 150 cm³/mol. The van der Waals surface area contributed by atoms with Gasteiger partial charge in [-0.05, 0) is 104 Å². The zero-order valence-corrected chi connectivity index (χ0v) is 22.3. The molecule has 0 spiro atoms. The molecule has 36 heavy (non-hydrogen) atoms. The number of fused-ring (bicyclic) bond motifs is 3. The van der Waals surface area contributed by atoms with Crippen LogP contribution in [0.2, 0.25) is 0 Å². The molecule has 2 bridgehead atoms. The fourth-order valence-corrected chi connectivity index (χ4v) is 6.56. The van der Waals surface area contributed by atoms with Gasteiger partial charge in [0.2, 0.25) is 0 Å². The monoisotopic (exact) mass is 484 g/mol. The number of allylic oxidation sites excluding steroid dienone is 4. The molecule has 6 rings (SSSR count). The number of aromatic amines is 1. The van der Waals surface area contributed by atoms with E-state index in [0.717, 1.165) is 32.5 Å². The molecular formula is C31H40N4O. The number of nitrogens with one attached hydrogen (secondary N) is 1. The summed E-state index contributed by atoms with van der Waals surface area (Å²) in [5, 5.41) is 1.40. The quantitative estimate of drug-likeness (QED) is 0.530. The number of rotatable bonds is 4. The summed E-state index contributed by atoms with van der Waals surface area (Å²) in [5.74, 6) is 1.08. The third-order valence-electron chi connectivity index (χ3n) is 9.02. The number of ether oxygens (including phenoxy) is 1. The Hall–Kier alpha value is -2.50. The van der Waals surface area contributed by atoms with E-state index in [4.69, 9.17) is 4.74 Å². The van der Waals surface area contributed by atoms with E-state index in [1.165, 1.54) is 76.1 Å². The van der Waals surface area contributed by atoms with Crippen molar-refractivity contribution in [2.24, 2.45) is 9.98 Å². The first-order valence-corrected chi connectivity index (χ1v) is 13.9. The minimum absolute atomic E-state index is 0.355. The molecule has 4 heterocycles. The van der Waals surface area contributed by atoms with Crippen LogP contribution in [-0.4, -0.2) is 60.3 Å². The first kappa shape index (κ1) is 23.9. The molecule has 2 saturated heterocycles. The Balaban J connectivity index is 1.36. The lowest BCUT2D eigenvalue weighted by atomic mass is 9.86. The molecule has 1 aliphatic carbocycles. The highest BCUT2D eigenvalue weighted by Crippen LogP contribution is 2.40. The Labute approximate surface area is 215 Å². The number of H-pyrrole nitrogens is 1. The minimum atomic E-state index is 0.355. The Morgan fingerprint density at radius 3 is 2.58 bits per heavy atom. The van der Waals surface area contributed by atoms with Gasteiger partial charge in [0.1, 0.15) is 6.34 Å². The Morgan fingerprint density at radius 1 is 1.06 bits per heavy atom. The highest BCUT2D eigenvalue weighted by molar-refractivity contribution is 6.08. The Bertz CT molecular complexity index is 1260. The van der Waals surface area contributed by atoms with Crippen LogP contribution in [0.15, 0.2) is 45.4 Å². The topological polar surface area (TPSA) is 53.0 Å². The molecule has 1 aromatic carbocycles. The highest BCUT2D eigenvalue weighted by Gasteiger charge is 2.30. The van der Waals surface area contributed by atoms with Gasteiger partial charge in [0.15, 0.2) is 0 Å². The second-order valence-electron chi connectivity index (χ2n) is 11.5. The van der Waals surface area contributed by atoms with E-state index in [9.17, 15) is 0 Å². The van der Waals surface area contributed by atoms with Crippen molar-refractivity contribution in [1.82, 2.24) is 9.88 Å². The SMILES string of the molecule is C/C1=C(C)/C(c2[nH]c3ccc(C4CCN(C5COC5)CC4)cc3c2C(C)C)=C\CCC2CC1=NC=N2. The van der Waals surface area contributed by atoms with Crippen molar-refractivity contribution in [2.45, 2.75) is 83.7 Å². The van der Waals surface area contributed by atoms with Gasteiger partial charge in [0, 0.05) is 28.7 Å². The summed E-state index contributed by atoms with van der Waals surface area (Å²) in [6.45, 7) is 13.4. The van der Waals surface area contributed by atoms with Crippen LogP contribution in [0.4, 0.5) is 0 Å². The Kier molecular flexibility index (Phi) is 6.47. The van der Waals surface area contributed by atoms with Crippen LogP contribution in [0.25, 0.3) is 16.5 Å². The summed E-state index contributed by atoms with van der Waals surface area (Å²) < 4.78 is 5.43. The number of hydrogen-bond donors (Lipinski definition) is 1. The number of hydrogen-bond acceptors (Lipinski definition) is 4. The summed E-state index contributed by atoms with van der Waals surface area (Å²) >= 11 is 0. The van der Waals surface area contributed by atoms with Crippen LogP contribution in [0.3, 0.4) is 0 Å². The van der Waals surface area contributed by atoms with Crippen LogP contribution >= 0.6 is 0 Å². The molecule has 1 unspecified atom stereocenters. The maximum absolute atomic E-state index is 5.43. The van der Waals surface area contributed by atoms with Crippen LogP contribution in [0.1, 0.15) is 88.5 Å². The van der Waals surface area contributed by atoms with Gasteiger partial charge in [-0.25, -0.2) is 4.99 Å². The molecule has 2 fully saturated rings. The second-order valence-corrected chi connectivity index (χ2v) is 11.5. The van der Waals surface area contributed by atoms with Crippen LogP contribution in [0.5, 0.6) is 0 Å². The van der Waals surface area contributed by atoms with Gasteiger partial charge < -0.3 is 9.72 Å². The van der Waals surface area contributed by atoms with E-state index in [2.05, 4.69) is 71.8 Å². The molecule has 2 aromatic rings. The first-order chi connectivity index (χ1) is 17.5. The van der Waals surface area contributed by atoms with E-state index < -0.39 is 0 Å². The average Bonchev–Trinajstić information content (AvgIpc) is 3.24. The predicted octanol–water partition coefficient (Wildman–Crippen LogP) is 6.62. The third-order valence-corrected chi connectivity index (χ3v) is 9.02. The van der Waals surface area contributed by atoms with Gasteiger partial charge in [-0.15, -0.1) is 0 Å². The molecule has 0 saturated carbocycles. The second kappa shape index (κ2) is 9.75. The summed E-state index contributed by atoms with van der Waals surface area (Å²) in [6.07, 6.45) is 9.79. The molecule has 0 radical (unpaired) electrons. The maximum Gasteiger partial charge on any atom is 0.110 e. The molecule has 190 valence electrons. The van der Waals surface area contributed by atoms with E-state index in [1.54, 1.807) is 6.34 Å². The lowest BCUT2D eigenvalue weighted by Crippen LogP contribution is -2.51. The fourth-order valence-electron chi connectivity index (χ4n) is 6.56. The van der Waals surface area contributed by atoms with Crippen molar-refractivity contribution in [3.63, 3.8) is 0 Å². The van der Waals surface area contributed by atoms with Gasteiger partial charge in [-0.2, -0.15) is 0 Å². The Morgan fingerprint density at radius 2 is 1.86 bits per heavy atom. The molecule has 1 aromatic heterocycles. The summed E-state index contributed by atoms with van der Waals surface area (Å²) in [4.78, 5) is 15.8. The molecule has 4 aliphatic rings. The van der Waals surface area contributed by atoms with Crippen molar-refractivity contribution in [2.75, 3.05) is 26.3 Å².